The molecule has 0 radical (unpaired) electrons. The van der Waals surface area contributed by atoms with E-state index in [1.54, 1.807) is 31.0 Å². The molecule has 11 heteroatoms. The summed E-state index contributed by atoms with van der Waals surface area (Å²) in [5.74, 6) is 2.59. The first-order valence-corrected chi connectivity index (χ1v) is 18.1. The van der Waals surface area contributed by atoms with Gasteiger partial charge in [0.15, 0.2) is 11.6 Å². The van der Waals surface area contributed by atoms with Crippen LogP contribution in [0.3, 0.4) is 0 Å². The van der Waals surface area contributed by atoms with Crippen LogP contribution in [0, 0.1) is 0 Å². The molecule has 4 aromatic heterocycles. The first-order chi connectivity index (χ1) is 25.7. The van der Waals surface area contributed by atoms with Crippen LogP contribution in [-0.2, 0) is 13.1 Å². The van der Waals surface area contributed by atoms with E-state index in [4.69, 9.17) is 14.7 Å². The zero-order valence-electron chi connectivity index (χ0n) is 28.3. The molecule has 0 aliphatic heterocycles. The van der Waals surface area contributed by atoms with E-state index < -0.39 is 0 Å². The van der Waals surface area contributed by atoms with E-state index in [9.17, 15) is 0 Å². The highest BCUT2D eigenvalue weighted by Crippen LogP contribution is 2.25. The van der Waals surface area contributed by atoms with Crippen molar-refractivity contribution in [3.05, 3.63) is 185 Å². The quantitative estimate of drug-likeness (QED) is 0.150. The van der Waals surface area contributed by atoms with E-state index in [1.807, 2.05) is 116 Å². The molecule has 52 heavy (non-hydrogen) atoms. The molecule has 8 rings (SSSR count). The van der Waals surface area contributed by atoms with E-state index >= 15 is 0 Å². The topological polar surface area (TPSA) is 95.4 Å². The average Bonchev–Trinajstić information content (AvgIpc) is 3.87. The van der Waals surface area contributed by atoms with Crippen LogP contribution >= 0.6 is 23.1 Å². The summed E-state index contributed by atoms with van der Waals surface area (Å²) in [4.78, 5) is 28.6. The summed E-state index contributed by atoms with van der Waals surface area (Å²) in [5, 5.41) is 0. The molecule has 9 nitrogen and oxygen atoms in total. The number of nitrogens with zero attached hydrogens (tertiary/aromatic N) is 8. The molecular weight excluding hydrogens is 685 g/mol. The van der Waals surface area contributed by atoms with Gasteiger partial charge in [0.25, 0.3) is 0 Å². The van der Waals surface area contributed by atoms with E-state index in [0.29, 0.717) is 13.1 Å². The van der Waals surface area contributed by atoms with Gasteiger partial charge in [0.2, 0.25) is 9.60 Å². The Labute approximate surface area is 309 Å². The van der Waals surface area contributed by atoms with Gasteiger partial charge in [-0.2, -0.15) is 9.97 Å². The molecular formula is C41H34N8OS2. The van der Waals surface area contributed by atoms with Gasteiger partial charge in [-0.1, -0.05) is 78.9 Å². The summed E-state index contributed by atoms with van der Waals surface area (Å²) in [6.07, 6.45) is 7.19. The van der Waals surface area contributed by atoms with Gasteiger partial charge in [0.05, 0.1) is 31.6 Å². The van der Waals surface area contributed by atoms with E-state index in [2.05, 4.69) is 64.3 Å². The number of methoxy groups -OCH3 is 1. The van der Waals surface area contributed by atoms with Crippen molar-refractivity contribution in [2.24, 2.45) is 9.98 Å². The minimum absolute atomic E-state index is 0.554. The molecule has 4 aromatic carbocycles. The SMILES string of the molecule is COc1ccc(-c2n/c(=N/Cc3cccnc3)sn2-c2ccccc2)cc1.c1ccc(-c2n/c(=N/Cc3cccnc3)sn2-c2ccccc2)cc1. The lowest BCUT2D eigenvalue weighted by Gasteiger charge is -2.06. The number of benzene rings is 4. The number of aromatic nitrogens is 6. The van der Waals surface area contributed by atoms with Crippen molar-refractivity contribution in [3.63, 3.8) is 0 Å². The second-order valence-electron chi connectivity index (χ2n) is 11.3. The van der Waals surface area contributed by atoms with Gasteiger partial charge in [-0.25, -0.2) is 7.91 Å². The molecule has 0 N–H and O–H groups in total. The Kier molecular flexibility index (Phi) is 11.2. The molecule has 0 fully saturated rings. The Bertz CT molecular complexity index is 2370. The van der Waals surface area contributed by atoms with E-state index in [1.165, 1.54) is 11.5 Å². The summed E-state index contributed by atoms with van der Waals surface area (Å²) >= 11 is 3.07. The number of ether oxygens (including phenoxy) is 1. The largest absolute Gasteiger partial charge is 0.497 e. The second-order valence-corrected chi connectivity index (χ2v) is 13.2. The molecule has 0 aliphatic carbocycles. The van der Waals surface area contributed by atoms with Gasteiger partial charge in [0.1, 0.15) is 5.75 Å². The lowest BCUT2D eigenvalue weighted by atomic mass is 10.2. The molecule has 0 saturated heterocycles. The van der Waals surface area contributed by atoms with Crippen LogP contribution in [0.2, 0.25) is 0 Å². The normalized spacial score (nSPS) is 11.6. The molecule has 0 bridgehead atoms. The zero-order valence-corrected chi connectivity index (χ0v) is 29.9. The summed E-state index contributed by atoms with van der Waals surface area (Å²) in [6, 6.07) is 46.4. The van der Waals surface area contributed by atoms with Crippen LogP contribution in [0.5, 0.6) is 5.75 Å². The van der Waals surface area contributed by atoms with Crippen molar-refractivity contribution in [3.8, 4) is 39.9 Å². The van der Waals surface area contributed by atoms with Crippen molar-refractivity contribution in [1.29, 1.82) is 0 Å². The molecule has 0 spiro atoms. The third-order valence-corrected chi connectivity index (χ3v) is 9.63. The maximum Gasteiger partial charge on any atom is 0.223 e. The van der Waals surface area contributed by atoms with Crippen molar-refractivity contribution in [1.82, 2.24) is 27.8 Å². The number of rotatable bonds is 9. The van der Waals surface area contributed by atoms with Crippen LogP contribution in [0.15, 0.2) is 174 Å². The van der Waals surface area contributed by atoms with E-state index in [0.717, 1.165) is 60.6 Å². The fourth-order valence-electron chi connectivity index (χ4n) is 5.16. The maximum absolute atomic E-state index is 5.26. The lowest BCUT2D eigenvalue weighted by molar-refractivity contribution is 0.415. The van der Waals surface area contributed by atoms with Crippen LogP contribution in [0.1, 0.15) is 11.1 Å². The van der Waals surface area contributed by atoms with Gasteiger partial charge in [0, 0.05) is 35.9 Å². The van der Waals surface area contributed by atoms with Crippen LogP contribution in [-0.4, -0.2) is 35.0 Å². The van der Waals surface area contributed by atoms with Crippen molar-refractivity contribution < 1.29 is 4.74 Å². The smallest absolute Gasteiger partial charge is 0.223 e. The van der Waals surface area contributed by atoms with Gasteiger partial charge >= 0.3 is 0 Å². The number of hydrogen-bond donors (Lipinski definition) is 0. The first-order valence-electron chi connectivity index (χ1n) is 16.5. The standard InChI is InChI=1S/C21H18N4OS.C20H16N4S/c1-26-19-11-9-17(10-12-19)20-24-21(23-15-16-6-5-13-22-14-16)27-25(20)18-7-3-2-4-8-18;1-3-9-17(10-4-1)19-23-20(22-15-16-8-7-13-21-14-16)25-24(19)18-11-5-2-6-12-18/h2-14H,15H2,1H3;1-14H,15H2/b23-21-;22-20-. The highest BCUT2D eigenvalue weighted by Gasteiger charge is 2.12. The Morgan fingerprint density at radius 3 is 1.38 bits per heavy atom. The summed E-state index contributed by atoms with van der Waals surface area (Å²) in [5.41, 5.74) is 6.37. The predicted octanol–water partition coefficient (Wildman–Crippen LogP) is 8.20. The zero-order chi connectivity index (χ0) is 35.4. The summed E-state index contributed by atoms with van der Waals surface area (Å²) < 4.78 is 9.49. The predicted molar refractivity (Wildman–Crippen MR) is 207 cm³/mol. The molecule has 8 aromatic rings. The van der Waals surface area contributed by atoms with Crippen molar-refractivity contribution >= 4 is 23.1 Å². The third-order valence-electron chi connectivity index (χ3n) is 7.73. The molecule has 0 atom stereocenters. The van der Waals surface area contributed by atoms with Crippen molar-refractivity contribution in [2.45, 2.75) is 13.1 Å². The molecule has 0 saturated carbocycles. The summed E-state index contributed by atoms with van der Waals surface area (Å²) in [7, 11) is 1.66. The molecule has 0 amide bonds. The number of hydrogen-bond acceptors (Lipinski definition) is 9. The van der Waals surface area contributed by atoms with E-state index in [-0.39, 0.29) is 0 Å². The monoisotopic (exact) mass is 718 g/mol. The number of para-hydroxylation sites is 2. The Balaban J connectivity index is 0.000000162. The molecule has 4 heterocycles. The third kappa shape index (κ3) is 8.70. The second kappa shape index (κ2) is 17.1. The van der Waals surface area contributed by atoms with Crippen LogP contribution in [0.4, 0.5) is 0 Å². The number of pyridine rings is 2. The Hall–Kier alpha value is -6.30. The highest BCUT2D eigenvalue weighted by atomic mass is 32.1. The van der Waals surface area contributed by atoms with Crippen LogP contribution in [0.25, 0.3) is 34.2 Å². The molecule has 256 valence electrons. The summed E-state index contributed by atoms with van der Waals surface area (Å²) in [6.45, 7) is 1.13. The molecule has 0 unspecified atom stereocenters. The fraction of sp³-hybridized carbons (Fsp3) is 0.0732. The Morgan fingerprint density at radius 2 is 0.962 bits per heavy atom. The fourth-order valence-corrected chi connectivity index (χ4v) is 6.91. The Morgan fingerprint density at radius 1 is 0.519 bits per heavy atom. The highest BCUT2D eigenvalue weighted by molar-refractivity contribution is 7.04. The van der Waals surface area contributed by atoms with Gasteiger partial charge in [-0.3, -0.25) is 20.0 Å². The van der Waals surface area contributed by atoms with Gasteiger partial charge in [-0.15, -0.1) is 0 Å². The minimum Gasteiger partial charge on any atom is -0.497 e. The minimum atomic E-state index is 0.554. The van der Waals surface area contributed by atoms with Gasteiger partial charge in [-0.05, 0) is 94.9 Å². The maximum atomic E-state index is 5.26. The van der Waals surface area contributed by atoms with Gasteiger partial charge < -0.3 is 4.74 Å². The average molecular weight is 719 g/mol. The first kappa shape index (κ1) is 34.2. The van der Waals surface area contributed by atoms with Crippen molar-refractivity contribution in [2.75, 3.05) is 7.11 Å². The molecule has 0 aliphatic rings. The lowest BCUT2D eigenvalue weighted by Crippen LogP contribution is -1.99. The van der Waals surface area contributed by atoms with Crippen LogP contribution < -0.4 is 14.3 Å².